The third kappa shape index (κ3) is 5.07. The van der Waals surface area contributed by atoms with Crippen LogP contribution >= 0.6 is 0 Å². The Morgan fingerprint density at radius 1 is 0.947 bits per heavy atom. The van der Waals surface area contributed by atoms with Crippen LogP contribution in [0.25, 0.3) is 17.5 Å². The van der Waals surface area contributed by atoms with Gasteiger partial charge in [-0.1, -0.05) is 6.07 Å². The standard InChI is InChI=1S/C29H33N7O2/c1-34-11-13-36(14-12-34)27-4-2-3-24(32-27)25-19-21-9-10-30-26(20-37)28(21)29(33-25)31-22-5-7-23(8-6-22)35-15-17-38-18-16-35/h2-10,19-20,26,30H,11-18H2,1H3,(H,31,33). The summed E-state index contributed by atoms with van der Waals surface area (Å²) in [6.45, 7) is 7.23. The third-order valence-electron chi connectivity index (χ3n) is 7.41. The zero-order valence-corrected chi connectivity index (χ0v) is 21.6. The number of nitrogens with zero attached hydrogens (tertiary/aromatic N) is 5. The lowest BCUT2D eigenvalue weighted by atomic mass is 9.97. The highest BCUT2D eigenvalue weighted by molar-refractivity contribution is 5.80. The van der Waals surface area contributed by atoms with Crippen molar-refractivity contribution in [3.63, 3.8) is 0 Å². The first-order chi connectivity index (χ1) is 18.7. The van der Waals surface area contributed by atoms with Crippen LogP contribution in [0.15, 0.2) is 54.7 Å². The topological polar surface area (TPSA) is 85.9 Å². The van der Waals surface area contributed by atoms with Crippen LogP contribution in [0.2, 0.25) is 0 Å². The van der Waals surface area contributed by atoms with Crippen molar-refractivity contribution in [1.29, 1.82) is 0 Å². The van der Waals surface area contributed by atoms with Crippen molar-refractivity contribution in [2.45, 2.75) is 6.04 Å². The predicted molar refractivity (Wildman–Crippen MR) is 151 cm³/mol. The predicted octanol–water partition coefficient (Wildman–Crippen LogP) is 3.29. The molecule has 2 saturated heterocycles. The van der Waals surface area contributed by atoms with Crippen LogP contribution < -0.4 is 20.4 Å². The van der Waals surface area contributed by atoms with Gasteiger partial charge in [-0.3, -0.25) is 0 Å². The molecule has 196 valence electrons. The maximum absolute atomic E-state index is 12.0. The van der Waals surface area contributed by atoms with Crippen molar-refractivity contribution in [3.05, 3.63) is 65.9 Å². The summed E-state index contributed by atoms with van der Waals surface area (Å²) >= 11 is 0. The zero-order chi connectivity index (χ0) is 25.9. The number of carbonyl (C=O) groups excluding carboxylic acids is 1. The lowest BCUT2D eigenvalue weighted by Crippen LogP contribution is -2.44. The molecule has 1 atom stereocenters. The molecule has 5 heterocycles. The second-order valence-corrected chi connectivity index (χ2v) is 9.92. The molecule has 1 aromatic carbocycles. The fraction of sp³-hybridized carbons (Fsp3) is 0.345. The van der Waals surface area contributed by atoms with Gasteiger partial charge in [-0.2, -0.15) is 0 Å². The first-order valence-corrected chi connectivity index (χ1v) is 13.2. The average Bonchev–Trinajstić information content (AvgIpc) is 2.98. The summed E-state index contributed by atoms with van der Waals surface area (Å²) in [7, 11) is 2.15. The normalized spacial score (nSPS) is 19.6. The highest BCUT2D eigenvalue weighted by Gasteiger charge is 2.24. The third-order valence-corrected chi connectivity index (χ3v) is 7.41. The number of nitrogens with one attached hydrogen (secondary N) is 2. The molecular weight excluding hydrogens is 478 g/mol. The van der Waals surface area contributed by atoms with E-state index in [1.807, 2.05) is 30.5 Å². The Bertz CT molecular complexity index is 1310. The van der Waals surface area contributed by atoms with E-state index in [-0.39, 0.29) is 0 Å². The quantitative estimate of drug-likeness (QED) is 0.484. The van der Waals surface area contributed by atoms with Gasteiger partial charge in [0, 0.05) is 56.2 Å². The maximum Gasteiger partial charge on any atom is 0.146 e. The van der Waals surface area contributed by atoms with E-state index in [9.17, 15) is 4.79 Å². The van der Waals surface area contributed by atoms with Gasteiger partial charge in [-0.15, -0.1) is 0 Å². The number of aromatic nitrogens is 2. The van der Waals surface area contributed by atoms with Crippen LogP contribution in [0, 0.1) is 0 Å². The van der Waals surface area contributed by atoms with Gasteiger partial charge in [0.15, 0.2) is 0 Å². The van der Waals surface area contributed by atoms with Gasteiger partial charge in [0.1, 0.15) is 24.0 Å². The number of rotatable bonds is 6. The summed E-state index contributed by atoms with van der Waals surface area (Å²) in [6.07, 6.45) is 4.72. The Labute approximate surface area is 223 Å². The van der Waals surface area contributed by atoms with Crippen molar-refractivity contribution in [1.82, 2.24) is 20.2 Å². The molecule has 0 amide bonds. The van der Waals surface area contributed by atoms with E-state index in [0.717, 1.165) is 92.8 Å². The molecule has 3 aromatic rings. The van der Waals surface area contributed by atoms with E-state index < -0.39 is 6.04 Å². The molecule has 2 N–H and O–H groups in total. The number of pyridine rings is 2. The highest BCUT2D eigenvalue weighted by Crippen LogP contribution is 2.34. The molecule has 2 fully saturated rings. The molecule has 6 rings (SSSR count). The number of hydrogen-bond acceptors (Lipinski definition) is 9. The number of carbonyl (C=O) groups is 1. The maximum atomic E-state index is 12.0. The van der Waals surface area contributed by atoms with Crippen molar-refractivity contribution in [2.24, 2.45) is 0 Å². The first-order valence-electron chi connectivity index (χ1n) is 13.2. The molecule has 3 aliphatic heterocycles. The second-order valence-electron chi connectivity index (χ2n) is 9.92. The Kier molecular flexibility index (Phi) is 6.94. The number of hydrogen-bond donors (Lipinski definition) is 2. The van der Waals surface area contributed by atoms with E-state index >= 15 is 0 Å². The van der Waals surface area contributed by atoms with E-state index in [1.165, 1.54) is 5.69 Å². The molecule has 0 bridgehead atoms. The van der Waals surface area contributed by atoms with E-state index in [2.05, 4.69) is 62.7 Å². The molecule has 9 nitrogen and oxygen atoms in total. The van der Waals surface area contributed by atoms with Crippen LogP contribution in [0.4, 0.5) is 23.0 Å². The SMILES string of the molecule is CN1CCN(c2cccc(-c3cc4c(c(Nc5ccc(N6CCOCC6)cc5)n3)C(C=O)NC=C4)n2)CC1. The molecule has 38 heavy (non-hydrogen) atoms. The summed E-state index contributed by atoms with van der Waals surface area (Å²) in [5, 5.41) is 6.63. The molecule has 0 spiro atoms. The van der Waals surface area contributed by atoms with Crippen molar-refractivity contribution in [3.8, 4) is 11.4 Å². The highest BCUT2D eigenvalue weighted by atomic mass is 16.5. The van der Waals surface area contributed by atoms with Gasteiger partial charge in [-0.25, -0.2) is 9.97 Å². The van der Waals surface area contributed by atoms with Crippen LogP contribution in [0.3, 0.4) is 0 Å². The minimum Gasteiger partial charge on any atom is -0.378 e. The average molecular weight is 512 g/mol. The number of fused-ring (bicyclic) bond motifs is 1. The lowest BCUT2D eigenvalue weighted by molar-refractivity contribution is -0.109. The molecule has 9 heteroatoms. The van der Waals surface area contributed by atoms with Crippen LogP contribution in [-0.2, 0) is 9.53 Å². The summed E-state index contributed by atoms with van der Waals surface area (Å²) in [4.78, 5) is 28.9. The van der Waals surface area contributed by atoms with Gasteiger partial charge in [0.2, 0.25) is 0 Å². The van der Waals surface area contributed by atoms with Crippen molar-refractivity contribution >= 4 is 35.4 Å². The van der Waals surface area contributed by atoms with E-state index in [1.54, 1.807) is 0 Å². The minimum atomic E-state index is -0.476. The van der Waals surface area contributed by atoms with Crippen LogP contribution in [-0.4, -0.2) is 80.7 Å². The summed E-state index contributed by atoms with van der Waals surface area (Å²) in [5.74, 6) is 1.61. The number of morpholine rings is 1. The largest absolute Gasteiger partial charge is 0.378 e. The summed E-state index contributed by atoms with van der Waals surface area (Å²) in [6, 6.07) is 16.0. The minimum absolute atomic E-state index is 0.476. The Hall–Kier alpha value is -3.95. The molecule has 1 unspecified atom stereocenters. The van der Waals surface area contributed by atoms with Gasteiger partial charge in [0.25, 0.3) is 0 Å². The summed E-state index contributed by atoms with van der Waals surface area (Å²) in [5.41, 5.74) is 5.44. The second kappa shape index (κ2) is 10.8. The summed E-state index contributed by atoms with van der Waals surface area (Å²) < 4.78 is 5.48. The molecule has 0 saturated carbocycles. The fourth-order valence-electron chi connectivity index (χ4n) is 5.19. The van der Waals surface area contributed by atoms with Crippen LogP contribution in [0.1, 0.15) is 17.2 Å². The smallest absolute Gasteiger partial charge is 0.146 e. The first kappa shape index (κ1) is 24.4. The molecule has 3 aliphatic rings. The van der Waals surface area contributed by atoms with Gasteiger partial charge < -0.3 is 34.9 Å². The van der Waals surface area contributed by atoms with Crippen molar-refractivity contribution < 1.29 is 9.53 Å². The Morgan fingerprint density at radius 3 is 2.50 bits per heavy atom. The number of aldehydes is 1. The molecule has 0 radical (unpaired) electrons. The molecular formula is C29H33N7O2. The number of likely N-dealkylation sites (N-methyl/N-ethyl adjacent to an activating group) is 1. The lowest BCUT2D eigenvalue weighted by Gasteiger charge is -2.33. The van der Waals surface area contributed by atoms with E-state index in [4.69, 9.17) is 14.7 Å². The Balaban J connectivity index is 1.32. The van der Waals surface area contributed by atoms with Gasteiger partial charge >= 0.3 is 0 Å². The van der Waals surface area contributed by atoms with Gasteiger partial charge in [-0.05, 0) is 67.4 Å². The fourth-order valence-corrected chi connectivity index (χ4v) is 5.19. The molecule has 2 aromatic heterocycles. The number of anilines is 4. The van der Waals surface area contributed by atoms with Gasteiger partial charge in [0.05, 0.1) is 24.6 Å². The Morgan fingerprint density at radius 2 is 1.74 bits per heavy atom. The van der Waals surface area contributed by atoms with E-state index in [0.29, 0.717) is 5.82 Å². The van der Waals surface area contributed by atoms with Crippen molar-refractivity contribution in [2.75, 3.05) is 74.6 Å². The number of ether oxygens (including phenoxy) is 1. The number of benzene rings is 1. The zero-order valence-electron chi connectivity index (χ0n) is 21.6. The molecule has 0 aliphatic carbocycles. The van der Waals surface area contributed by atoms with Crippen LogP contribution in [0.5, 0.6) is 0 Å². The monoisotopic (exact) mass is 511 g/mol. The number of piperazine rings is 1.